The molecule has 1 heterocycles. The molecular weight excluding hydrogens is 256 g/mol. The average Bonchev–Trinajstić information content (AvgIpc) is 2.67. The first kappa shape index (κ1) is 13.7. The molecule has 4 nitrogen and oxygen atoms in total. The second kappa shape index (κ2) is 4.61. The van der Waals surface area contributed by atoms with Crippen molar-refractivity contribution in [1.82, 2.24) is 0 Å². The molecule has 110 valence electrons. The zero-order chi connectivity index (χ0) is 14.5. The summed E-state index contributed by atoms with van der Waals surface area (Å²) in [7, 11) is 0. The maximum atomic E-state index is 12.2. The van der Waals surface area contributed by atoms with Crippen molar-refractivity contribution < 1.29 is 19.1 Å². The molecule has 6 atom stereocenters. The van der Waals surface area contributed by atoms with Crippen LogP contribution in [-0.2, 0) is 19.1 Å². The predicted octanol–water partition coefficient (Wildman–Crippen LogP) is 2.33. The summed E-state index contributed by atoms with van der Waals surface area (Å²) in [6, 6.07) is 0. The molecule has 0 aromatic rings. The van der Waals surface area contributed by atoms with E-state index in [0.717, 1.165) is 12.8 Å². The van der Waals surface area contributed by atoms with Crippen molar-refractivity contribution in [3.05, 3.63) is 12.2 Å². The third-order valence-electron chi connectivity index (χ3n) is 5.56. The molecule has 0 bridgehead atoms. The number of hydrogen-bond acceptors (Lipinski definition) is 4. The van der Waals surface area contributed by atoms with Gasteiger partial charge in [-0.1, -0.05) is 19.1 Å². The van der Waals surface area contributed by atoms with Crippen LogP contribution in [0.5, 0.6) is 0 Å². The van der Waals surface area contributed by atoms with Crippen LogP contribution in [0, 0.1) is 29.1 Å². The Hall–Kier alpha value is -1.32. The molecule has 3 rings (SSSR count). The summed E-state index contributed by atoms with van der Waals surface area (Å²) in [5, 5.41) is 0. The summed E-state index contributed by atoms with van der Waals surface area (Å²) < 4.78 is 10.8. The largest absolute Gasteiger partial charge is 0.465 e. The molecule has 0 amide bonds. The van der Waals surface area contributed by atoms with E-state index < -0.39 is 5.41 Å². The van der Waals surface area contributed by atoms with Crippen LogP contribution >= 0.6 is 0 Å². The third-order valence-corrected chi connectivity index (χ3v) is 5.56. The quantitative estimate of drug-likeness (QED) is 0.545. The van der Waals surface area contributed by atoms with E-state index in [1.165, 1.54) is 6.92 Å². The minimum Gasteiger partial charge on any atom is -0.465 e. The van der Waals surface area contributed by atoms with E-state index >= 15 is 0 Å². The van der Waals surface area contributed by atoms with Crippen molar-refractivity contribution in [3.8, 4) is 0 Å². The van der Waals surface area contributed by atoms with Gasteiger partial charge in [-0.15, -0.1) is 0 Å². The monoisotopic (exact) mass is 278 g/mol. The van der Waals surface area contributed by atoms with Crippen molar-refractivity contribution >= 4 is 11.9 Å². The van der Waals surface area contributed by atoms with Gasteiger partial charge in [0.05, 0.1) is 12.0 Å². The molecular formula is C16H22O4. The number of carbonyl (C=O) groups excluding carboxylic acids is 2. The molecule has 6 unspecified atom stereocenters. The Balaban J connectivity index is 1.88. The summed E-state index contributed by atoms with van der Waals surface area (Å²) in [6.45, 7) is 6.09. The van der Waals surface area contributed by atoms with E-state index in [4.69, 9.17) is 9.47 Å². The van der Waals surface area contributed by atoms with Gasteiger partial charge in [0.15, 0.2) is 0 Å². The molecule has 2 fully saturated rings. The standard InChI is InChI=1S/C16H22O4/c1-9-6-11-4-5-12-8-19-15(18)16(12,3)13(11)7-14(9)20-10(2)17/h4-5,9,11-14H,6-8H2,1-3H3. The molecule has 0 spiro atoms. The Bertz CT molecular complexity index is 469. The SMILES string of the molecule is CC(=O)OC1CC2C(C=CC3COC(=O)C32C)CC1C. The Labute approximate surface area is 119 Å². The van der Waals surface area contributed by atoms with Gasteiger partial charge in [0.1, 0.15) is 6.10 Å². The summed E-state index contributed by atoms with van der Waals surface area (Å²) in [6.07, 6.45) is 6.06. The summed E-state index contributed by atoms with van der Waals surface area (Å²) in [5.41, 5.74) is -0.446. The molecule has 2 aliphatic carbocycles. The number of allylic oxidation sites excluding steroid dienone is 1. The lowest BCUT2D eigenvalue weighted by Gasteiger charge is -2.47. The van der Waals surface area contributed by atoms with Gasteiger partial charge in [-0.25, -0.2) is 0 Å². The van der Waals surface area contributed by atoms with Gasteiger partial charge in [0, 0.05) is 12.8 Å². The zero-order valence-electron chi connectivity index (χ0n) is 12.3. The first-order valence-electron chi connectivity index (χ1n) is 7.45. The van der Waals surface area contributed by atoms with Crippen LogP contribution in [0.25, 0.3) is 0 Å². The smallest absolute Gasteiger partial charge is 0.312 e. The average molecular weight is 278 g/mol. The number of fused-ring (bicyclic) bond motifs is 3. The highest BCUT2D eigenvalue weighted by molar-refractivity contribution is 5.80. The van der Waals surface area contributed by atoms with Crippen molar-refractivity contribution in [2.45, 2.75) is 39.7 Å². The zero-order valence-corrected chi connectivity index (χ0v) is 12.3. The number of esters is 2. The number of hydrogen-bond donors (Lipinski definition) is 0. The summed E-state index contributed by atoms with van der Waals surface area (Å²) in [5.74, 6) is 0.794. The lowest BCUT2D eigenvalue weighted by Crippen LogP contribution is -2.49. The fraction of sp³-hybridized carbons (Fsp3) is 0.750. The van der Waals surface area contributed by atoms with Crippen molar-refractivity contribution in [1.29, 1.82) is 0 Å². The van der Waals surface area contributed by atoms with Crippen LogP contribution in [0.3, 0.4) is 0 Å². The highest BCUT2D eigenvalue weighted by atomic mass is 16.5. The first-order chi connectivity index (χ1) is 9.42. The van der Waals surface area contributed by atoms with Crippen molar-refractivity contribution in [3.63, 3.8) is 0 Å². The van der Waals surface area contributed by atoms with Gasteiger partial charge >= 0.3 is 11.9 Å². The number of rotatable bonds is 1. The van der Waals surface area contributed by atoms with E-state index in [2.05, 4.69) is 19.1 Å². The normalized spacial score (nSPS) is 46.4. The molecule has 1 aliphatic heterocycles. The topological polar surface area (TPSA) is 52.6 Å². The minimum atomic E-state index is -0.446. The Kier molecular flexibility index (Phi) is 3.14. The van der Waals surface area contributed by atoms with Gasteiger partial charge in [0.25, 0.3) is 0 Å². The van der Waals surface area contributed by atoms with E-state index in [9.17, 15) is 9.59 Å². The molecule has 0 aromatic heterocycles. The Morgan fingerprint density at radius 2 is 2.15 bits per heavy atom. The van der Waals surface area contributed by atoms with Gasteiger partial charge in [-0.05, 0) is 37.5 Å². The highest BCUT2D eigenvalue weighted by Gasteiger charge is 2.58. The molecule has 0 radical (unpaired) electrons. The van der Waals surface area contributed by atoms with Crippen LogP contribution in [0.4, 0.5) is 0 Å². The number of cyclic esters (lactones) is 1. The summed E-state index contributed by atoms with van der Waals surface area (Å²) >= 11 is 0. The maximum absolute atomic E-state index is 12.2. The highest BCUT2D eigenvalue weighted by Crippen LogP contribution is 2.55. The molecule has 0 N–H and O–H groups in total. The summed E-state index contributed by atoms with van der Waals surface area (Å²) in [4.78, 5) is 23.5. The predicted molar refractivity (Wildman–Crippen MR) is 72.6 cm³/mol. The van der Waals surface area contributed by atoms with E-state index in [-0.39, 0.29) is 29.9 Å². The van der Waals surface area contributed by atoms with E-state index in [1.54, 1.807) is 0 Å². The lowest BCUT2D eigenvalue weighted by molar-refractivity contribution is -0.159. The Morgan fingerprint density at radius 1 is 1.40 bits per heavy atom. The molecule has 1 saturated heterocycles. The molecule has 4 heteroatoms. The first-order valence-corrected chi connectivity index (χ1v) is 7.45. The number of ether oxygens (including phenoxy) is 2. The molecule has 0 aromatic carbocycles. The fourth-order valence-electron chi connectivity index (χ4n) is 4.29. The van der Waals surface area contributed by atoms with Crippen LogP contribution in [-0.4, -0.2) is 24.6 Å². The fourth-order valence-corrected chi connectivity index (χ4v) is 4.29. The van der Waals surface area contributed by atoms with Gasteiger partial charge in [-0.3, -0.25) is 9.59 Å². The van der Waals surface area contributed by atoms with Gasteiger partial charge in [-0.2, -0.15) is 0 Å². The number of carbonyl (C=O) groups is 2. The van der Waals surface area contributed by atoms with Gasteiger partial charge in [0.2, 0.25) is 0 Å². The van der Waals surface area contributed by atoms with Crippen LogP contribution in [0.1, 0.15) is 33.6 Å². The van der Waals surface area contributed by atoms with E-state index in [1.807, 2.05) is 6.92 Å². The van der Waals surface area contributed by atoms with Crippen molar-refractivity contribution in [2.75, 3.05) is 6.61 Å². The Morgan fingerprint density at radius 3 is 2.85 bits per heavy atom. The van der Waals surface area contributed by atoms with Crippen molar-refractivity contribution in [2.24, 2.45) is 29.1 Å². The molecule has 1 saturated carbocycles. The lowest BCUT2D eigenvalue weighted by atomic mass is 9.55. The van der Waals surface area contributed by atoms with Gasteiger partial charge < -0.3 is 9.47 Å². The van der Waals surface area contributed by atoms with E-state index in [0.29, 0.717) is 18.4 Å². The maximum Gasteiger partial charge on any atom is 0.312 e. The molecule has 20 heavy (non-hydrogen) atoms. The molecule has 3 aliphatic rings. The second-order valence-electron chi connectivity index (χ2n) is 6.74. The second-order valence-corrected chi connectivity index (χ2v) is 6.74. The van der Waals surface area contributed by atoms with Crippen LogP contribution in [0.15, 0.2) is 12.2 Å². The van der Waals surface area contributed by atoms with Crippen LogP contribution < -0.4 is 0 Å². The van der Waals surface area contributed by atoms with Crippen LogP contribution in [0.2, 0.25) is 0 Å². The minimum absolute atomic E-state index is 0.0777. The third kappa shape index (κ3) is 1.88.